The van der Waals surface area contributed by atoms with Gasteiger partial charge in [-0.2, -0.15) is 0 Å². The molecule has 15 heavy (non-hydrogen) atoms. The molecule has 0 aliphatic carbocycles. The van der Waals surface area contributed by atoms with Crippen LogP contribution in [0.25, 0.3) is 0 Å². The van der Waals surface area contributed by atoms with Crippen LogP contribution in [-0.2, 0) is 0 Å². The fourth-order valence-electron chi connectivity index (χ4n) is 1.80. The average Bonchev–Trinajstić information content (AvgIpc) is 2.30. The van der Waals surface area contributed by atoms with Crippen molar-refractivity contribution in [2.24, 2.45) is 0 Å². The molecule has 0 bridgehead atoms. The van der Waals surface area contributed by atoms with Crippen LogP contribution in [0.15, 0.2) is 43.0 Å². The summed E-state index contributed by atoms with van der Waals surface area (Å²) in [6, 6.07) is 11.1. The first-order valence-corrected chi connectivity index (χ1v) is 5.71. The van der Waals surface area contributed by atoms with E-state index in [2.05, 4.69) is 42.2 Å². The molecule has 0 saturated carbocycles. The van der Waals surface area contributed by atoms with Crippen LogP contribution < -0.4 is 5.32 Å². The Morgan fingerprint density at radius 1 is 1.27 bits per heavy atom. The number of rotatable bonds is 7. The van der Waals surface area contributed by atoms with Crippen LogP contribution in [0, 0.1) is 0 Å². The molecule has 1 aromatic carbocycles. The van der Waals surface area contributed by atoms with Crippen LogP contribution in [0.3, 0.4) is 0 Å². The van der Waals surface area contributed by atoms with E-state index in [1.165, 1.54) is 24.8 Å². The van der Waals surface area contributed by atoms with Gasteiger partial charge in [-0.25, -0.2) is 0 Å². The van der Waals surface area contributed by atoms with Crippen molar-refractivity contribution in [3.8, 4) is 0 Å². The minimum Gasteiger partial charge on any atom is -0.313 e. The van der Waals surface area contributed by atoms with Gasteiger partial charge >= 0.3 is 0 Å². The SMILES string of the molecule is C=CCCCCC(NC)c1ccccc1. The molecule has 1 N–H and O–H groups in total. The van der Waals surface area contributed by atoms with Gasteiger partial charge in [-0.05, 0) is 31.9 Å². The van der Waals surface area contributed by atoms with Gasteiger partial charge in [0.05, 0.1) is 0 Å². The van der Waals surface area contributed by atoms with Crippen LogP contribution in [0.2, 0.25) is 0 Å². The molecule has 1 nitrogen and oxygen atoms in total. The van der Waals surface area contributed by atoms with E-state index in [4.69, 9.17) is 0 Å². The zero-order valence-electron chi connectivity index (χ0n) is 9.58. The Balaban J connectivity index is 2.39. The Kier molecular flexibility index (Phi) is 5.79. The topological polar surface area (TPSA) is 12.0 Å². The summed E-state index contributed by atoms with van der Waals surface area (Å²) in [5.41, 5.74) is 1.39. The van der Waals surface area contributed by atoms with Crippen molar-refractivity contribution in [2.45, 2.75) is 31.7 Å². The molecule has 1 unspecified atom stereocenters. The third-order valence-electron chi connectivity index (χ3n) is 2.70. The van der Waals surface area contributed by atoms with Crippen molar-refractivity contribution >= 4 is 0 Å². The summed E-state index contributed by atoms with van der Waals surface area (Å²) in [6.45, 7) is 3.74. The number of hydrogen-bond donors (Lipinski definition) is 1. The molecule has 0 spiro atoms. The second-order valence-corrected chi connectivity index (χ2v) is 3.83. The Hall–Kier alpha value is -1.08. The number of unbranched alkanes of at least 4 members (excludes halogenated alkanes) is 2. The quantitative estimate of drug-likeness (QED) is 0.526. The van der Waals surface area contributed by atoms with E-state index < -0.39 is 0 Å². The molecule has 0 fully saturated rings. The average molecular weight is 203 g/mol. The molecule has 1 atom stereocenters. The fraction of sp³-hybridized carbons (Fsp3) is 0.429. The summed E-state index contributed by atoms with van der Waals surface area (Å²) in [6.07, 6.45) is 6.83. The summed E-state index contributed by atoms with van der Waals surface area (Å²) >= 11 is 0. The molecule has 0 aliphatic rings. The van der Waals surface area contributed by atoms with E-state index >= 15 is 0 Å². The minimum absolute atomic E-state index is 0.496. The lowest BCUT2D eigenvalue weighted by molar-refractivity contribution is 0.516. The second kappa shape index (κ2) is 7.24. The molecule has 0 aromatic heterocycles. The third-order valence-corrected chi connectivity index (χ3v) is 2.70. The van der Waals surface area contributed by atoms with Gasteiger partial charge in [0.1, 0.15) is 0 Å². The molecule has 1 aromatic rings. The Bertz CT molecular complexity index is 266. The molecule has 1 heteroatoms. The predicted molar refractivity (Wildman–Crippen MR) is 66.9 cm³/mol. The van der Waals surface area contributed by atoms with Gasteiger partial charge < -0.3 is 5.32 Å². The lowest BCUT2D eigenvalue weighted by Gasteiger charge is -2.16. The highest BCUT2D eigenvalue weighted by Gasteiger charge is 2.06. The summed E-state index contributed by atoms with van der Waals surface area (Å²) < 4.78 is 0. The van der Waals surface area contributed by atoms with Crippen molar-refractivity contribution in [1.29, 1.82) is 0 Å². The van der Waals surface area contributed by atoms with Crippen LogP contribution in [0.5, 0.6) is 0 Å². The van der Waals surface area contributed by atoms with Crippen LogP contribution in [-0.4, -0.2) is 7.05 Å². The van der Waals surface area contributed by atoms with Crippen molar-refractivity contribution in [3.63, 3.8) is 0 Å². The summed E-state index contributed by atoms with van der Waals surface area (Å²) in [7, 11) is 2.03. The summed E-state index contributed by atoms with van der Waals surface area (Å²) in [5.74, 6) is 0. The predicted octanol–water partition coefficient (Wildman–Crippen LogP) is 3.69. The molecule has 82 valence electrons. The highest BCUT2D eigenvalue weighted by atomic mass is 14.9. The zero-order chi connectivity index (χ0) is 10.9. The van der Waals surface area contributed by atoms with Crippen LogP contribution in [0.4, 0.5) is 0 Å². The maximum Gasteiger partial charge on any atom is 0.0317 e. The number of allylic oxidation sites excluding steroid dienone is 1. The van der Waals surface area contributed by atoms with Gasteiger partial charge in [0, 0.05) is 6.04 Å². The van der Waals surface area contributed by atoms with Gasteiger partial charge in [-0.15, -0.1) is 6.58 Å². The number of hydrogen-bond acceptors (Lipinski definition) is 1. The standard InChI is InChI=1S/C14H21N/c1-3-4-5-9-12-14(15-2)13-10-7-6-8-11-13/h3,6-8,10-11,14-15H,1,4-5,9,12H2,2H3. The lowest BCUT2D eigenvalue weighted by Crippen LogP contribution is -2.16. The largest absolute Gasteiger partial charge is 0.313 e. The van der Waals surface area contributed by atoms with Gasteiger partial charge in [0.15, 0.2) is 0 Å². The van der Waals surface area contributed by atoms with Crippen molar-refractivity contribution < 1.29 is 0 Å². The van der Waals surface area contributed by atoms with Crippen LogP contribution >= 0.6 is 0 Å². The summed E-state index contributed by atoms with van der Waals surface area (Å²) in [5, 5.41) is 3.37. The number of benzene rings is 1. The Morgan fingerprint density at radius 2 is 2.00 bits per heavy atom. The van der Waals surface area contributed by atoms with Crippen molar-refractivity contribution in [2.75, 3.05) is 7.05 Å². The van der Waals surface area contributed by atoms with Gasteiger partial charge in [-0.3, -0.25) is 0 Å². The molecule has 0 aliphatic heterocycles. The van der Waals surface area contributed by atoms with E-state index in [0.717, 1.165) is 6.42 Å². The van der Waals surface area contributed by atoms with E-state index in [9.17, 15) is 0 Å². The third kappa shape index (κ3) is 4.30. The van der Waals surface area contributed by atoms with Crippen LogP contribution in [0.1, 0.15) is 37.3 Å². The van der Waals surface area contributed by atoms with Gasteiger partial charge in [-0.1, -0.05) is 42.8 Å². The molecule has 1 rings (SSSR count). The molecule has 0 heterocycles. The maximum absolute atomic E-state index is 3.74. The first kappa shape index (κ1) is 12.0. The first-order chi connectivity index (χ1) is 7.38. The molecular weight excluding hydrogens is 182 g/mol. The van der Waals surface area contributed by atoms with Gasteiger partial charge in [0.25, 0.3) is 0 Å². The fourth-order valence-corrected chi connectivity index (χ4v) is 1.80. The smallest absolute Gasteiger partial charge is 0.0317 e. The van der Waals surface area contributed by atoms with Crippen molar-refractivity contribution in [3.05, 3.63) is 48.6 Å². The van der Waals surface area contributed by atoms with E-state index in [1.54, 1.807) is 0 Å². The highest BCUT2D eigenvalue weighted by Crippen LogP contribution is 2.18. The lowest BCUT2D eigenvalue weighted by atomic mass is 10.0. The van der Waals surface area contributed by atoms with Crippen molar-refractivity contribution in [1.82, 2.24) is 5.32 Å². The normalized spacial score (nSPS) is 12.3. The van der Waals surface area contributed by atoms with E-state index in [0.29, 0.717) is 6.04 Å². The molecule has 0 saturated heterocycles. The Labute approximate surface area is 93.2 Å². The molecule has 0 amide bonds. The second-order valence-electron chi connectivity index (χ2n) is 3.83. The zero-order valence-corrected chi connectivity index (χ0v) is 9.58. The summed E-state index contributed by atoms with van der Waals surface area (Å²) in [4.78, 5) is 0. The first-order valence-electron chi connectivity index (χ1n) is 5.71. The van der Waals surface area contributed by atoms with E-state index in [-0.39, 0.29) is 0 Å². The number of nitrogens with one attached hydrogen (secondary N) is 1. The highest BCUT2D eigenvalue weighted by molar-refractivity contribution is 5.18. The monoisotopic (exact) mass is 203 g/mol. The van der Waals surface area contributed by atoms with E-state index in [1.807, 2.05) is 13.1 Å². The molecular formula is C14H21N. The van der Waals surface area contributed by atoms with Gasteiger partial charge in [0.2, 0.25) is 0 Å². The Morgan fingerprint density at radius 3 is 2.60 bits per heavy atom. The molecule has 0 radical (unpaired) electrons. The minimum atomic E-state index is 0.496. The maximum atomic E-state index is 3.74.